The molecule has 0 bridgehead atoms. The Hall–Kier alpha value is -2.44. The normalized spacial score (nSPS) is 14.0. The van der Waals surface area contributed by atoms with Gasteiger partial charge in [0.05, 0.1) is 12.1 Å². The molecule has 0 atom stereocenters. The largest absolute Gasteiger partial charge is 0.478 e. The van der Waals surface area contributed by atoms with Crippen molar-refractivity contribution in [3.63, 3.8) is 0 Å². The Balaban J connectivity index is 1.98. The molecule has 1 aromatic heterocycles. The maximum atomic E-state index is 12.1. The lowest BCUT2D eigenvalue weighted by atomic mass is 10.2. The number of carboxylic acid groups (broad SMARTS) is 1. The van der Waals surface area contributed by atoms with Gasteiger partial charge in [-0.3, -0.25) is 14.6 Å². The van der Waals surface area contributed by atoms with E-state index < -0.39 is 11.9 Å². The van der Waals surface area contributed by atoms with Crippen LogP contribution in [0.4, 0.5) is 0 Å². The maximum Gasteiger partial charge on any atom is 0.337 e. The number of hydrogen-bond donors (Lipinski definition) is 1. The first-order valence-corrected chi connectivity index (χ1v) is 6.71. The van der Waals surface area contributed by atoms with E-state index in [1.807, 2.05) is 0 Å². The molecule has 0 aliphatic carbocycles. The van der Waals surface area contributed by atoms with Crippen molar-refractivity contribution in [2.75, 3.05) is 26.7 Å². The lowest BCUT2D eigenvalue weighted by molar-refractivity contribution is -0.130. The van der Waals surface area contributed by atoms with Crippen LogP contribution in [0.25, 0.3) is 0 Å². The minimum atomic E-state index is -1.10. The highest BCUT2D eigenvalue weighted by molar-refractivity contribution is 5.95. The monoisotopic (exact) mass is 291 g/mol. The second-order valence-corrected chi connectivity index (χ2v) is 4.99. The first-order valence-electron chi connectivity index (χ1n) is 6.71. The summed E-state index contributed by atoms with van der Waals surface area (Å²) < 4.78 is 0. The predicted molar refractivity (Wildman–Crippen MR) is 74.0 cm³/mol. The molecule has 21 heavy (non-hydrogen) atoms. The van der Waals surface area contributed by atoms with E-state index in [-0.39, 0.29) is 23.7 Å². The average Bonchev–Trinajstić information content (AvgIpc) is 3.00. The Morgan fingerprint density at radius 3 is 2.48 bits per heavy atom. The molecule has 2 amide bonds. The lowest BCUT2D eigenvalue weighted by Gasteiger charge is -2.21. The smallest absolute Gasteiger partial charge is 0.337 e. The topological polar surface area (TPSA) is 90.8 Å². The molecule has 7 nitrogen and oxygen atoms in total. The number of nitrogens with zero attached hydrogens (tertiary/aromatic N) is 3. The number of carbonyl (C=O) groups is 3. The van der Waals surface area contributed by atoms with E-state index in [4.69, 9.17) is 5.11 Å². The van der Waals surface area contributed by atoms with Gasteiger partial charge in [-0.15, -0.1) is 0 Å². The molecule has 1 aromatic rings. The van der Waals surface area contributed by atoms with Gasteiger partial charge in [0, 0.05) is 26.3 Å². The van der Waals surface area contributed by atoms with Crippen LogP contribution >= 0.6 is 0 Å². The van der Waals surface area contributed by atoms with E-state index in [1.54, 1.807) is 4.90 Å². The zero-order chi connectivity index (χ0) is 15.4. The van der Waals surface area contributed by atoms with Crippen molar-refractivity contribution in [2.24, 2.45) is 0 Å². The van der Waals surface area contributed by atoms with E-state index in [9.17, 15) is 14.4 Å². The molecule has 2 heterocycles. The standard InChI is InChI=1S/C14H17N3O4/c1-16(9-12(18)17-6-2-3-7-17)13(19)11-5-4-10(8-15-11)14(20)21/h4-5,8H,2-3,6-7,9H2,1H3,(H,20,21). The number of hydrogen-bond acceptors (Lipinski definition) is 4. The molecule has 0 unspecified atom stereocenters. The number of rotatable bonds is 4. The maximum absolute atomic E-state index is 12.1. The van der Waals surface area contributed by atoms with Gasteiger partial charge in [0.1, 0.15) is 5.69 Å². The second-order valence-electron chi connectivity index (χ2n) is 4.99. The van der Waals surface area contributed by atoms with Gasteiger partial charge in [-0.1, -0.05) is 0 Å². The Morgan fingerprint density at radius 1 is 1.29 bits per heavy atom. The summed E-state index contributed by atoms with van der Waals surface area (Å²) in [7, 11) is 1.53. The fraction of sp³-hybridized carbons (Fsp3) is 0.429. The van der Waals surface area contributed by atoms with Gasteiger partial charge in [-0.25, -0.2) is 4.79 Å². The summed E-state index contributed by atoms with van der Waals surface area (Å²) in [5.41, 5.74) is 0.138. The fourth-order valence-electron chi connectivity index (χ4n) is 2.18. The number of likely N-dealkylation sites (N-methyl/N-ethyl adjacent to an activating group) is 1. The van der Waals surface area contributed by atoms with Gasteiger partial charge < -0.3 is 14.9 Å². The Labute approximate surface area is 122 Å². The average molecular weight is 291 g/mol. The van der Waals surface area contributed by atoms with Crippen molar-refractivity contribution in [1.82, 2.24) is 14.8 Å². The van der Waals surface area contributed by atoms with Gasteiger partial charge in [-0.2, -0.15) is 0 Å². The number of carboxylic acids is 1. The SMILES string of the molecule is CN(CC(=O)N1CCCC1)C(=O)c1ccc(C(=O)O)cn1. The number of likely N-dealkylation sites (tertiary alicyclic amines) is 1. The quantitative estimate of drug-likeness (QED) is 0.871. The summed E-state index contributed by atoms with van der Waals surface area (Å²) in [4.78, 5) is 41.7. The molecular formula is C14H17N3O4. The van der Waals surface area contributed by atoms with Gasteiger partial charge in [0.2, 0.25) is 5.91 Å². The van der Waals surface area contributed by atoms with Crippen molar-refractivity contribution in [3.05, 3.63) is 29.6 Å². The van der Waals surface area contributed by atoms with Gasteiger partial charge >= 0.3 is 5.97 Å². The first-order chi connectivity index (χ1) is 9.99. The van der Waals surface area contributed by atoms with Gasteiger partial charge in [-0.05, 0) is 25.0 Å². The molecule has 1 aliphatic rings. The molecule has 7 heteroatoms. The molecule has 0 saturated carbocycles. The van der Waals surface area contributed by atoms with Crippen LogP contribution in [0.1, 0.15) is 33.7 Å². The van der Waals surface area contributed by atoms with E-state index in [0.29, 0.717) is 0 Å². The van der Waals surface area contributed by atoms with Crippen LogP contribution in [-0.2, 0) is 4.79 Å². The number of carbonyl (C=O) groups excluding carboxylic acids is 2. The molecule has 1 fully saturated rings. The third kappa shape index (κ3) is 3.56. The highest BCUT2D eigenvalue weighted by atomic mass is 16.4. The molecule has 0 aromatic carbocycles. The molecular weight excluding hydrogens is 274 g/mol. The van der Waals surface area contributed by atoms with Crippen molar-refractivity contribution < 1.29 is 19.5 Å². The van der Waals surface area contributed by atoms with Crippen molar-refractivity contribution in [3.8, 4) is 0 Å². The molecule has 0 spiro atoms. The number of aromatic carboxylic acids is 1. The lowest BCUT2D eigenvalue weighted by Crippen LogP contribution is -2.40. The van der Waals surface area contributed by atoms with Crippen LogP contribution in [0.5, 0.6) is 0 Å². The van der Waals surface area contributed by atoms with Crippen LogP contribution in [-0.4, -0.2) is 64.4 Å². The summed E-state index contributed by atoms with van der Waals surface area (Å²) in [6.45, 7) is 1.49. The summed E-state index contributed by atoms with van der Waals surface area (Å²) in [5, 5.41) is 8.78. The summed E-state index contributed by atoms with van der Waals surface area (Å²) in [5.74, 6) is -1.58. The zero-order valence-electron chi connectivity index (χ0n) is 11.8. The summed E-state index contributed by atoms with van der Waals surface area (Å²) in [6, 6.07) is 2.67. The molecule has 0 radical (unpaired) electrons. The van der Waals surface area contributed by atoms with Crippen LogP contribution < -0.4 is 0 Å². The zero-order valence-corrected chi connectivity index (χ0v) is 11.8. The highest BCUT2D eigenvalue weighted by Gasteiger charge is 2.22. The second kappa shape index (κ2) is 6.34. The fourth-order valence-corrected chi connectivity index (χ4v) is 2.18. The Kier molecular flexibility index (Phi) is 4.52. The Morgan fingerprint density at radius 2 is 1.95 bits per heavy atom. The van der Waals surface area contributed by atoms with Crippen LogP contribution in [0, 0.1) is 0 Å². The third-order valence-electron chi connectivity index (χ3n) is 3.41. The van der Waals surface area contributed by atoms with E-state index in [2.05, 4.69) is 4.98 Å². The number of amides is 2. The third-order valence-corrected chi connectivity index (χ3v) is 3.41. The van der Waals surface area contributed by atoms with E-state index in [0.717, 1.165) is 32.1 Å². The molecule has 2 rings (SSSR count). The molecule has 1 saturated heterocycles. The molecule has 1 aliphatic heterocycles. The predicted octanol–water partition coefficient (Wildman–Crippen LogP) is 0.474. The van der Waals surface area contributed by atoms with Gasteiger partial charge in [0.15, 0.2) is 0 Å². The van der Waals surface area contributed by atoms with Crippen LogP contribution in [0.2, 0.25) is 0 Å². The summed E-state index contributed by atoms with van der Waals surface area (Å²) in [6.07, 6.45) is 3.13. The molecule has 112 valence electrons. The van der Waals surface area contributed by atoms with Crippen molar-refractivity contribution in [2.45, 2.75) is 12.8 Å². The minimum absolute atomic E-state index is 0.00119. The van der Waals surface area contributed by atoms with Crippen LogP contribution in [0.3, 0.4) is 0 Å². The highest BCUT2D eigenvalue weighted by Crippen LogP contribution is 2.09. The van der Waals surface area contributed by atoms with Crippen LogP contribution in [0.15, 0.2) is 18.3 Å². The summed E-state index contributed by atoms with van der Waals surface area (Å²) >= 11 is 0. The van der Waals surface area contributed by atoms with E-state index in [1.165, 1.54) is 24.1 Å². The van der Waals surface area contributed by atoms with Gasteiger partial charge in [0.25, 0.3) is 5.91 Å². The van der Waals surface area contributed by atoms with Crippen molar-refractivity contribution in [1.29, 1.82) is 0 Å². The molecule has 1 N–H and O–H groups in total. The van der Waals surface area contributed by atoms with Crippen molar-refractivity contribution >= 4 is 17.8 Å². The Bertz CT molecular complexity index is 550. The first kappa shape index (κ1) is 15.0. The number of aromatic nitrogens is 1. The number of pyridine rings is 1. The minimum Gasteiger partial charge on any atom is -0.478 e. The van der Waals surface area contributed by atoms with E-state index >= 15 is 0 Å².